The second-order valence-corrected chi connectivity index (χ2v) is 4.26. The van der Waals surface area contributed by atoms with Gasteiger partial charge in [0.15, 0.2) is 0 Å². The van der Waals surface area contributed by atoms with Gasteiger partial charge in [-0.3, -0.25) is 0 Å². The van der Waals surface area contributed by atoms with Crippen molar-refractivity contribution in [3.05, 3.63) is 31.2 Å². The van der Waals surface area contributed by atoms with Gasteiger partial charge in [-0.2, -0.15) is 5.26 Å². The van der Waals surface area contributed by atoms with Crippen LogP contribution >= 0.6 is 46.4 Å². The van der Waals surface area contributed by atoms with Crippen molar-refractivity contribution in [1.29, 1.82) is 5.26 Å². The first-order chi connectivity index (χ1) is 7.41. The second kappa shape index (κ2) is 5.11. The third-order valence-electron chi connectivity index (χ3n) is 1.83. The molecule has 1 N–H and O–H groups in total. The van der Waals surface area contributed by atoms with Crippen molar-refractivity contribution in [2.45, 2.75) is 6.42 Å². The maximum Gasteiger partial charge on any atom is 0.337 e. The minimum atomic E-state index is -1.31. The molecule has 0 bridgehead atoms. The van der Waals surface area contributed by atoms with Crippen molar-refractivity contribution < 1.29 is 9.90 Å². The van der Waals surface area contributed by atoms with Crippen molar-refractivity contribution >= 4 is 52.4 Å². The largest absolute Gasteiger partial charge is 0.478 e. The average Bonchev–Trinajstić information content (AvgIpc) is 2.23. The normalized spacial score (nSPS) is 9.94. The summed E-state index contributed by atoms with van der Waals surface area (Å²) in [5.74, 6) is -1.31. The molecule has 1 aromatic carbocycles. The Morgan fingerprint density at radius 2 is 1.62 bits per heavy atom. The molecule has 0 heterocycles. The summed E-state index contributed by atoms with van der Waals surface area (Å²) in [6, 6.07) is 1.79. The number of carboxylic acid groups (broad SMARTS) is 1. The maximum absolute atomic E-state index is 11.0. The zero-order chi connectivity index (χ0) is 12.5. The first-order valence-electron chi connectivity index (χ1n) is 3.86. The molecule has 0 aromatic heterocycles. The number of halogens is 4. The van der Waals surface area contributed by atoms with E-state index in [-0.39, 0.29) is 37.6 Å². The summed E-state index contributed by atoms with van der Waals surface area (Å²) in [5.41, 5.74) is -0.223. The molecule has 0 saturated heterocycles. The van der Waals surface area contributed by atoms with Gasteiger partial charge in [0.05, 0.1) is 38.1 Å². The van der Waals surface area contributed by atoms with Crippen LogP contribution < -0.4 is 0 Å². The van der Waals surface area contributed by atoms with Gasteiger partial charge in [-0.25, -0.2) is 4.79 Å². The lowest BCUT2D eigenvalue weighted by Crippen LogP contribution is -2.05. The number of rotatable bonds is 2. The van der Waals surface area contributed by atoms with Gasteiger partial charge >= 0.3 is 5.97 Å². The fraction of sp³-hybridized carbons (Fsp3) is 0.111. The van der Waals surface area contributed by atoms with E-state index in [0.29, 0.717) is 0 Å². The van der Waals surface area contributed by atoms with Crippen molar-refractivity contribution in [3.8, 4) is 6.07 Å². The first kappa shape index (κ1) is 13.4. The molecule has 0 aliphatic heterocycles. The third kappa shape index (κ3) is 2.21. The zero-order valence-corrected chi connectivity index (χ0v) is 10.5. The van der Waals surface area contributed by atoms with E-state index in [9.17, 15) is 4.79 Å². The molecule has 0 spiro atoms. The summed E-state index contributed by atoms with van der Waals surface area (Å²) < 4.78 is 0. The second-order valence-electron chi connectivity index (χ2n) is 2.75. The molecule has 0 saturated carbocycles. The molecule has 7 heteroatoms. The lowest BCUT2D eigenvalue weighted by atomic mass is 10.0. The van der Waals surface area contributed by atoms with Crippen molar-refractivity contribution in [2.75, 3.05) is 0 Å². The Morgan fingerprint density at radius 1 is 1.12 bits per heavy atom. The summed E-state index contributed by atoms with van der Waals surface area (Å²) in [4.78, 5) is 11.0. The Hall–Kier alpha value is -0.660. The van der Waals surface area contributed by atoms with Gasteiger partial charge in [0.2, 0.25) is 0 Å². The SMILES string of the molecule is N#CCc1c(Cl)c(Cl)c(Cl)c(Cl)c1C(=O)O. The van der Waals surface area contributed by atoms with E-state index >= 15 is 0 Å². The summed E-state index contributed by atoms with van der Waals surface area (Å²) in [6.45, 7) is 0. The molecule has 1 aromatic rings. The van der Waals surface area contributed by atoms with Crippen LogP contribution in [-0.4, -0.2) is 11.1 Å². The van der Waals surface area contributed by atoms with Gasteiger partial charge in [0.25, 0.3) is 0 Å². The molecule has 0 unspecified atom stereocenters. The van der Waals surface area contributed by atoms with Gasteiger partial charge in [-0.1, -0.05) is 46.4 Å². The molecular formula is C9H3Cl4NO2. The Labute approximate surface area is 111 Å². The van der Waals surface area contributed by atoms with Crippen LogP contribution in [0.15, 0.2) is 0 Å². The molecule has 3 nitrogen and oxygen atoms in total. The summed E-state index contributed by atoms with van der Waals surface area (Å²) >= 11 is 23.0. The van der Waals surface area contributed by atoms with Crippen LogP contribution in [0.1, 0.15) is 15.9 Å². The highest BCUT2D eigenvalue weighted by atomic mass is 35.5. The standard InChI is InChI=1S/C9H3Cl4NO2/c10-5-3(1-2-14)4(9(15)16)6(11)8(13)7(5)12/h1H2,(H,15,16). The fourth-order valence-corrected chi connectivity index (χ4v) is 2.18. The number of hydrogen-bond donors (Lipinski definition) is 1. The number of hydrogen-bond acceptors (Lipinski definition) is 2. The number of aromatic carboxylic acids is 1. The first-order valence-corrected chi connectivity index (χ1v) is 5.38. The highest BCUT2D eigenvalue weighted by molar-refractivity contribution is 6.53. The lowest BCUT2D eigenvalue weighted by Gasteiger charge is -2.11. The quantitative estimate of drug-likeness (QED) is 0.661. The Morgan fingerprint density at radius 3 is 2.06 bits per heavy atom. The van der Waals surface area contributed by atoms with Crippen LogP contribution in [0.4, 0.5) is 0 Å². The predicted octanol–water partition coefficient (Wildman–Crippen LogP) is 4.06. The summed E-state index contributed by atoms with van der Waals surface area (Å²) in [7, 11) is 0. The van der Waals surface area contributed by atoms with Crippen molar-refractivity contribution in [1.82, 2.24) is 0 Å². The number of benzene rings is 1. The summed E-state index contributed by atoms with van der Waals surface area (Å²) in [5, 5.41) is 17.1. The highest BCUT2D eigenvalue weighted by Crippen LogP contribution is 2.41. The Bertz CT molecular complexity index is 507. The van der Waals surface area contributed by atoms with E-state index < -0.39 is 5.97 Å². The van der Waals surface area contributed by atoms with Crippen molar-refractivity contribution in [2.24, 2.45) is 0 Å². The molecule has 0 amide bonds. The number of nitrogens with zero attached hydrogens (tertiary/aromatic N) is 1. The smallest absolute Gasteiger partial charge is 0.337 e. The topological polar surface area (TPSA) is 61.1 Å². The van der Waals surface area contributed by atoms with Crippen LogP contribution in [-0.2, 0) is 6.42 Å². The van der Waals surface area contributed by atoms with Gasteiger partial charge < -0.3 is 5.11 Å². The lowest BCUT2D eigenvalue weighted by molar-refractivity contribution is 0.0696. The summed E-state index contributed by atoms with van der Waals surface area (Å²) in [6.07, 6.45) is -0.211. The molecule has 0 radical (unpaired) electrons. The van der Waals surface area contributed by atoms with Crippen LogP contribution in [0.3, 0.4) is 0 Å². The highest BCUT2D eigenvalue weighted by Gasteiger charge is 2.24. The number of carbonyl (C=O) groups is 1. The van der Waals surface area contributed by atoms with E-state index in [4.69, 9.17) is 56.8 Å². The molecule has 0 fully saturated rings. The van der Waals surface area contributed by atoms with Crippen LogP contribution in [0, 0.1) is 11.3 Å². The number of carboxylic acids is 1. The monoisotopic (exact) mass is 297 g/mol. The molecule has 1 rings (SSSR count). The van der Waals surface area contributed by atoms with Crippen LogP contribution in [0.5, 0.6) is 0 Å². The fourth-order valence-electron chi connectivity index (χ4n) is 1.15. The van der Waals surface area contributed by atoms with E-state index in [0.717, 1.165) is 0 Å². The van der Waals surface area contributed by atoms with Gasteiger partial charge in [-0.15, -0.1) is 0 Å². The van der Waals surface area contributed by atoms with E-state index in [1.54, 1.807) is 6.07 Å². The van der Waals surface area contributed by atoms with Crippen molar-refractivity contribution in [3.63, 3.8) is 0 Å². The molecular weight excluding hydrogens is 296 g/mol. The number of nitriles is 1. The van der Waals surface area contributed by atoms with Crippen LogP contribution in [0.2, 0.25) is 20.1 Å². The third-order valence-corrected chi connectivity index (χ3v) is 3.68. The van der Waals surface area contributed by atoms with Gasteiger partial charge in [-0.05, 0) is 0 Å². The Balaban J connectivity index is 3.70. The van der Waals surface area contributed by atoms with E-state index in [1.165, 1.54) is 0 Å². The molecule has 16 heavy (non-hydrogen) atoms. The van der Waals surface area contributed by atoms with Crippen LogP contribution in [0.25, 0.3) is 0 Å². The van der Waals surface area contributed by atoms with Gasteiger partial charge in [0.1, 0.15) is 0 Å². The minimum Gasteiger partial charge on any atom is -0.478 e. The molecule has 84 valence electrons. The Kier molecular flexibility index (Phi) is 4.28. The minimum absolute atomic E-state index is 0.0522. The average molecular weight is 299 g/mol. The maximum atomic E-state index is 11.0. The van der Waals surface area contributed by atoms with Gasteiger partial charge in [0, 0.05) is 5.56 Å². The predicted molar refractivity (Wildman–Crippen MR) is 62.8 cm³/mol. The van der Waals surface area contributed by atoms with E-state index in [2.05, 4.69) is 0 Å². The van der Waals surface area contributed by atoms with E-state index in [1.807, 2.05) is 0 Å². The molecule has 0 atom stereocenters. The molecule has 0 aliphatic carbocycles. The zero-order valence-electron chi connectivity index (χ0n) is 7.52. The molecule has 0 aliphatic rings.